The van der Waals surface area contributed by atoms with E-state index in [2.05, 4.69) is 0 Å². The molecule has 2 N–H and O–H groups in total. The SMILES string of the molecule is O=C(O)[C@@H]1C[C@H](C(=O)O)N(C(=O)c2ccccc2)C1. The van der Waals surface area contributed by atoms with Gasteiger partial charge in [0.05, 0.1) is 5.92 Å². The highest BCUT2D eigenvalue weighted by Crippen LogP contribution is 2.25. The van der Waals surface area contributed by atoms with Crippen LogP contribution in [0.2, 0.25) is 0 Å². The van der Waals surface area contributed by atoms with Crippen molar-refractivity contribution >= 4 is 17.8 Å². The Kier molecular flexibility index (Phi) is 3.50. The zero-order valence-electron chi connectivity index (χ0n) is 10.0. The van der Waals surface area contributed by atoms with E-state index < -0.39 is 29.8 Å². The Labute approximate surface area is 109 Å². The molecule has 1 amide bonds. The summed E-state index contributed by atoms with van der Waals surface area (Å²) in [7, 11) is 0. The molecule has 0 bridgehead atoms. The van der Waals surface area contributed by atoms with Crippen molar-refractivity contribution in [3.05, 3.63) is 35.9 Å². The van der Waals surface area contributed by atoms with Crippen LogP contribution in [0.4, 0.5) is 0 Å². The summed E-state index contributed by atoms with van der Waals surface area (Å²) in [6.45, 7) is -0.0694. The minimum Gasteiger partial charge on any atom is -0.481 e. The van der Waals surface area contributed by atoms with E-state index in [9.17, 15) is 14.4 Å². The average Bonchev–Trinajstić information content (AvgIpc) is 2.84. The molecular weight excluding hydrogens is 250 g/mol. The molecule has 100 valence electrons. The molecule has 0 saturated carbocycles. The summed E-state index contributed by atoms with van der Waals surface area (Å²) < 4.78 is 0. The van der Waals surface area contributed by atoms with Gasteiger partial charge in [0.1, 0.15) is 6.04 Å². The first kappa shape index (κ1) is 13.1. The summed E-state index contributed by atoms with van der Waals surface area (Å²) in [5, 5.41) is 18.0. The lowest BCUT2D eigenvalue weighted by Gasteiger charge is -2.21. The number of rotatable bonds is 3. The van der Waals surface area contributed by atoms with Gasteiger partial charge in [-0.1, -0.05) is 18.2 Å². The molecule has 0 radical (unpaired) electrons. The van der Waals surface area contributed by atoms with Crippen LogP contribution in [0.1, 0.15) is 16.8 Å². The Morgan fingerprint density at radius 1 is 1.05 bits per heavy atom. The van der Waals surface area contributed by atoms with Crippen LogP contribution in [0.5, 0.6) is 0 Å². The Balaban J connectivity index is 2.24. The number of carbonyl (C=O) groups is 3. The normalized spacial score (nSPS) is 22.2. The maximum Gasteiger partial charge on any atom is 0.326 e. The van der Waals surface area contributed by atoms with Crippen molar-refractivity contribution in [3.63, 3.8) is 0 Å². The first-order valence-electron chi connectivity index (χ1n) is 5.82. The molecule has 1 aliphatic rings. The molecule has 0 unspecified atom stereocenters. The van der Waals surface area contributed by atoms with E-state index in [0.29, 0.717) is 5.56 Å². The number of hydrogen-bond acceptors (Lipinski definition) is 3. The number of aliphatic carboxylic acids is 2. The van der Waals surface area contributed by atoms with E-state index in [1.54, 1.807) is 30.3 Å². The maximum atomic E-state index is 12.2. The Morgan fingerprint density at radius 2 is 1.68 bits per heavy atom. The number of hydrogen-bond donors (Lipinski definition) is 2. The summed E-state index contributed by atoms with van der Waals surface area (Å²) in [5.74, 6) is -3.52. The first-order valence-corrected chi connectivity index (χ1v) is 5.82. The zero-order chi connectivity index (χ0) is 14.0. The standard InChI is InChI=1S/C13H13NO5/c15-11(8-4-2-1-3-5-8)14-7-9(12(16)17)6-10(14)13(18)19/h1-5,9-10H,6-7H2,(H,16,17)(H,18,19)/t9-,10-/m1/s1. The second-order valence-corrected chi connectivity index (χ2v) is 4.45. The predicted octanol–water partition coefficient (Wildman–Crippen LogP) is 0.686. The number of carbonyl (C=O) groups excluding carboxylic acids is 1. The predicted molar refractivity (Wildman–Crippen MR) is 64.6 cm³/mol. The second kappa shape index (κ2) is 5.09. The quantitative estimate of drug-likeness (QED) is 0.836. The molecular formula is C13H13NO5. The van der Waals surface area contributed by atoms with E-state index in [1.165, 1.54) is 0 Å². The molecule has 0 spiro atoms. The fraction of sp³-hybridized carbons (Fsp3) is 0.308. The summed E-state index contributed by atoms with van der Waals surface area (Å²) in [6.07, 6.45) is -0.0523. The van der Waals surface area contributed by atoms with E-state index in [0.717, 1.165) is 4.90 Å². The van der Waals surface area contributed by atoms with E-state index in [1.807, 2.05) is 0 Å². The number of nitrogens with zero attached hydrogens (tertiary/aromatic N) is 1. The van der Waals surface area contributed by atoms with Crippen molar-refractivity contribution in [2.75, 3.05) is 6.54 Å². The van der Waals surface area contributed by atoms with Gasteiger partial charge < -0.3 is 15.1 Å². The molecule has 2 rings (SSSR count). The smallest absolute Gasteiger partial charge is 0.326 e. The molecule has 6 heteroatoms. The van der Waals surface area contributed by atoms with Crippen LogP contribution in [0.15, 0.2) is 30.3 Å². The molecule has 0 aliphatic carbocycles. The van der Waals surface area contributed by atoms with Crippen LogP contribution in [0.3, 0.4) is 0 Å². The van der Waals surface area contributed by atoms with Gasteiger partial charge in [0.25, 0.3) is 5.91 Å². The zero-order valence-corrected chi connectivity index (χ0v) is 10.0. The fourth-order valence-corrected chi connectivity index (χ4v) is 2.22. The topological polar surface area (TPSA) is 94.9 Å². The summed E-state index contributed by atoms with van der Waals surface area (Å²) in [6, 6.07) is 7.18. The molecule has 1 aliphatic heterocycles. The molecule has 1 heterocycles. The minimum atomic E-state index is -1.17. The molecule has 1 fully saturated rings. The van der Waals surface area contributed by atoms with Crippen LogP contribution in [0.25, 0.3) is 0 Å². The van der Waals surface area contributed by atoms with Crippen LogP contribution >= 0.6 is 0 Å². The molecule has 19 heavy (non-hydrogen) atoms. The molecule has 0 aromatic heterocycles. The highest BCUT2D eigenvalue weighted by Gasteiger charge is 2.42. The van der Waals surface area contributed by atoms with Gasteiger partial charge in [-0.25, -0.2) is 4.79 Å². The van der Waals surface area contributed by atoms with Gasteiger partial charge in [0.15, 0.2) is 0 Å². The van der Waals surface area contributed by atoms with Crippen molar-refractivity contribution in [2.24, 2.45) is 5.92 Å². The second-order valence-electron chi connectivity index (χ2n) is 4.45. The number of likely N-dealkylation sites (tertiary alicyclic amines) is 1. The maximum absolute atomic E-state index is 12.2. The van der Waals surface area contributed by atoms with Crippen LogP contribution in [-0.4, -0.2) is 45.5 Å². The van der Waals surface area contributed by atoms with Gasteiger partial charge in [-0.2, -0.15) is 0 Å². The summed E-state index contributed by atoms with van der Waals surface area (Å²) >= 11 is 0. The summed E-state index contributed by atoms with van der Waals surface area (Å²) in [5.41, 5.74) is 0.361. The monoisotopic (exact) mass is 263 g/mol. The Morgan fingerprint density at radius 3 is 2.21 bits per heavy atom. The molecule has 1 aromatic rings. The lowest BCUT2D eigenvalue weighted by Crippen LogP contribution is -2.40. The van der Waals surface area contributed by atoms with Crippen molar-refractivity contribution in [2.45, 2.75) is 12.5 Å². The average molecular weight is 263 g/mol. The van der Waals surface area contributed by atoms with Gasteiger partial charge in [-0.15, -0.1) is 0 Å². The number of carboxylic acid groups (broad SMARTS) is 2. The van der Waals surface area contributed by atoms with Gasteiger partial charge in [0.2, 0.25) is 0 Å². The van der Waals surface area contributed by atoms with E-state index in [-0.39, 0.29) is 13.0 Å². The molecule has 6 nitrogen and oxygen atoms in total. The molecule has 1 saturated heterocycles. The third-order valence-electron chi connectivity index (χ3n) is 3.22. The van der Waals surface area contributed by atoms with Crippen LogP contribution < -0.4 is 0 Å². The Hall–Kier alpha value is -2.37. The largest absolute Gasteiger partial charge is 0.481 e. The highest BCUT2D eigenvalue weighted by molar-refractivity contribution is 5.97. The third kappa shape index (κ3) is 2.57. The van der Waals surface area contributed by atoms with Crippen molar-refractivity contribution in [3.8, 4) is 0 Å². The van der Waals surface area contributed by atoms with Crippen LogP contribution in [0, 0.1) is 5.92 Å². The van der Waals surface area contributed by atoms with E-state index in [4.69, 9.17) is 10.2 Å². The molecule has 2 atom stereocenters. The lowest BCUT2D eigenvalue weighted by molar-refractivity contribution is -0.141. The number of benzene rings is 1. The minimum absolute atomic E-state index is 0.0523. The van der Waals surface area contributed by atoms with Crippen molar-refractivity contribution < 1.29 is 24.6 Å². The van der Waals surface area contributed by atoms with Gasteiger partial charge in [-0.05, 0) is 18.6 Å². The molecule has 1 aromatic carbocycles. The van der Waals surface area contributed by atoms with E-state index >= 15 is 0 Å². The van der Waals surface area contributed by atoms with Crippen molar-refractivity contribution in [1.29, 1.82) is 0 Å². The van der Waals surface area contributed by atoms with Gasteiger partial charge >= 0.3 is 11.9 Å². The highest BCUT2D eigenvalue weighted by atomic mass is 16.4. The summed E-state index contributed by atoms with van der Waals surface area (Å²) in [4.78, 5) is 35.4. The Bertz CT molecular complexity index is 513. The third-order valence-corrected chi connectivity index (χ3v) is 3.22. The van der Waals surface area contributed by atoms with Crippen LogP contribution in [-0.2, 0) is 9.59 Å². The van der Waals surface area contributed by atoms with Gasteiger partial charge in [0, 0.05) is 12.1 Å². The fourth-order valence-electron chi connectivity index (χ4n) is 2.22. The number of amides is 1. The first-order chi connectivity index (χ1) is 9.00. The number of carboxylic acids is 2. The van der Waals surface area contributed by atoms with Crippen molar-refractivity contribution in [1.82, 2.24) is 4.90 Å². The lowest BCUT2D eigenvalue weighted by atomic mass is 10.1. The van der Waals surface area contributed by atoms with Gasteiger partial charge in [-0.3, -0.25) is 9.59 Å².